The van der Waals surface area contributed by atoms with Gasteiger partial charge in [-0.1, -0.05) is 12.1 Å². The van der Waals surface area contributed by atoms with Crippen molar-refractivity contribution in [3.8, 4) is 0 Å². The molecule has 0 aliphatic rings. The van der Waals surface area contributed by atoms with Crippen molar-refractivity contribution in [3.05, 3.63) is 35.4 Å². The molecule has 0 heterocycles. The summed E-state index contributed by atoms with van der Waals surface area (Å²) in [4.78, 5) is 16.1. The van der Waals surface area contributed by atoms with Gasteiger partial charge in [0.1, 0.15) is 5.56 Å². The first-order valence-corrected chi connectivity index (χ1v) is 5.15. The maximum absolute atomic E-state index is 12.3. The van der Waals surface area contributed by atoms with Gasteiger partial charge in [0.05, 0.1) is 7.11 Å². The third-order valence-corrected chi connectivity index (χ3v) is 2.35. The lowest BCUT2D eigenvalue weighted by Gasteiger charge is -2.12. The van der Waals surface area contributed by atoms with Crippen molar-refractivity contribution in [2.75, 3.05) is 14.2 Å². The van der Waals surface area contributed by atoms with Crippen molar-refractivity contribution in [3.63, 3.8) is 0 Å². The molecule has 0 radical (unpaired) electrons. The van der Waals surface area contributed by atoms with Gasteiger partial charge in [0.25, 0.3) is 0 Å². The largest absolute Gasteiger partial charge is 0.424 e. The van der Waals surface area contributed by atoms with Crippen LogP contribution in [0.25, 0.3) is 0 Å². The highest BCUT2D eigenvalue weighted by molar-refractivity contribution is 5.74. The minimum atomic E-state index is -4.42. The lowest BCUT2D eigenvalue weighted by molar-refractivity contribution is -0.168. The molecule has 0 saturated heterocycles. The Morgan fingerprint density at radius 3 is 2.50 bits per heavy atom. The highest BCUT2D eigenvalue weighted by Gasteiger charge is 2.30. The Kier molecular flexibility index (Phi) is 4.56. The van der Waals surface area contributed by atoms with E-state index < -0.39 is 11.7 Å². The van der Waals surface area contributed by atoms with Crippen LogP contribution in [0.4, 0.5) is 13.2 Å². The average Bonchev–Trinajstić information content (AvgIpc) is 2.34. The number of carbonyl (C=O) groups is 1. The van der Waals surface area contributed by atoms with E-state index in [4.69, 9.17) is 0 Å². The third kappa shape index (κ3) is 3.93. The van der Waals surface area contributed by atoms with Gasteiger partial charge in [-0.05, 0) is 18.6 Å². The number of aryl methyl sites for hydroxylation is 1. The van der Waals surface area contributed by atoms with Crippen LogP contribution in [-0.2, 0) is 22.2 Å². The molecular weight excluding hydrogens is 247 g/mol. The Balaban J connectivity index is 2.57. The zero-order chi connectivity index (χ0) is 13.8. The number of hydrogen-bond acceptors (Lipinski definition) is 2. The molecule has 0 fully saturated rings. The predicted octanol–water partition coefficient (Wildman–Crippen LogP) is 2.26. The summed E-state index contributed by atoms with van der Waals surface area (Å²) in [5.74, 6) is -0.259. The second kappa shape index (κ2) is 5.74. The second-order valence-corrected chi connectivity index (χ2v) is 3.59. The molecule has 0 aromatic heterocycles. The van der Waals surface area contributed by atoms with Crippen LogP contribution in [0.5, 0.6) is 0 Å². The molecule has 0 atom stereocenters. The molecule has 98 valence electrons. The van der Waals surface area contributed by atoms with Crippen molar-refractivity contribution >= 4 is 5.91 Å². The van der Waals surface area contributed by atoms with E-state index in [1.807, 2.05) is 6.07 Å². The number of hydroxylamine groups is 2. The molecule has 1 aromatic carbocycles. The Hall–Kier alpha value is -1.74. The Bertz CT molecular complexity index is 401. The van der Waals surface area contributed by atoms with E-state index >= 15 is 0 Å². The Labute approximate surface area is 103 Å². The van der Waals surface area contributed by atoms with Gasteiger partial charge in [0.15, 0.2) is 0 Å². The van der Waals surface area contributed by atoms with E-state index in [1.165, 1.54) is 20.2 Å². The fourth-order valence-corrected chi connectivity index (χ4v) is 1.23. The average molecular weight is 259 g/mol. The zero-order valence-electron chi connectivity index (χ0n) is 9.97. The summed E-state index contributed by atoms with van der Waals surface area (Å²) in [6, 6.07) is 6.66. The van der Waals surface area contributed by atoms with Crippen molar-refractivity contribution in [1.29, 1.82) is 0 Å². The van der Waals surface area contributed by atoms with Gasteiger partial charge >= 0.3 is 6.18 Å². The number of carbonyl (C=O) groups excluding carboxylic acids is 1. The number of hydrogen-bond donors (Lipinski definition) is 0. The van der Waals surface area contributed by atoms with Gasteiger partial charge < -0.3 is 0 Å². The molecule has 1 rings (SSSR count). The molecular formula is C12H12F3NO2. The summed E-state index contributed by atoms with van der Waals surface area (Å²) in [5.41, 5.74) is -0.368. The number of halogens is 3. The van der Waals surface area contributed by atoms with Crippen molar-refractivity contribution in [1.82, 2.24) is 5.06 Å². The van der Waals surface area contributed by atoms with Gasteiger partial charge in [-0.25, -0.2) is 5.06 Å². The zero-order valence-corrected chi connectivity index (χ0v) is 9.97. The summed E-state index contributed by atoms with van der Waals surface area (Å²) < 4.78 is 36.8. The fourth-order valence-electron chi connectivity index (χ4n) is 1.23. The second-order valence-electron chi connectivity index (χ2n) is 3.59. The molecule has 1 amide bonds. The Morgan fingerprint density at radius 1 is 1.39 bits per heavy atom. The van der Waals surface area contributed by atoms with Crippen LogP contribution in [-0.4, -0.2) is 25.1 Å². The molecule has 0 N–H and O–H groups in total. The van der Waals surface area contributed by atoms with Gasteiger partial charge in [-0.3, -0.25) is 9.63 Å². The smallest absolute Gasteiger partial charge is 0.275 e. The van der Waals surface area contributed by atoms with E-state index in [0.717, 1.165) is 11.1 Å². The van der Waals surface area contributed by atoms with E-state index in [0.29, 0.717) is 12.0 Å². The summed E-state index contributed by atoms with van der Waals surface area (Å²) >= 11 is 0. The molecule has 0 aliphatic heterocycles. The molecule has 6 heteroatoms. The first-order valence-electron chi connectivity index (χ1n) is 5.15. The van der Waals surface area contributed by atoms with Crippen LogP contribution >= 0.6 is 0 Å². The lowest BCUT2D eigenvalue weighted by atomic mass is 10.1. The van der Waals surface area contributed by atoms with Crippen LogP contribution in [0.15, 0.2) is 12.1 Å². The molecule has 0 unspecified atom stereocenters. The third-order valence-electron chi connectivity index (χ3n) is 2.35. The monoisotopic (exact) mass is 259 g/mol. The lowest BCUT2D eigenvalue weighted by Crippen LogP contribution is -2.25. The molecule has 1 aromatic rings. The fraction of sp³-hybridized carbons (Fsp3) is 0.417. The van der Waals surface area contributed by atoms with Crippen molar-refractivity contribution < 1.29 is 22.8 Å². The first-order chi connectivity index (χ1) is 8.34. The summed E-state index contributed by atoms with van der Waals surface area (Å²) in [6.07, 6.45) is -3.98. The number of amides is 1. The summed E-state index contributed by atoms with van der Waals surface area (Å²) in [7, 11) is 2.82. The van der Waals surface area contributed by atoms with Gasteiger partial charge in [0, 0.05) is 19.0 Å². The summed E-state index contributed by atoms with van der Waals surface area (Å²) in [5, 5.41) is 1.06. The van der Waals surface area contributed by atoms with E-state index in [1.54, 1.807) is 0 Å². The normalized spacial score (nSPS) is 10.9. The van der Waals surface area contributed by atoms with Crippen LogP contribution < -0.4 is 0 Å². The van der Waals surface area contributed by atoms with Crippen molar-refractivity contribution in [2.24, 2.45) is 0 Å². The quantitative estimate of drug-likeness (QED) is 0.776. The Morgan fingerprint density at radius 2 is 2.06 bits per heavy atom. The number of alkyl halides is 3. The minimum absolute atomic E-state index is 0.139. The molecule has 0 spiro atoms. The van der Waals surface area contributed by atoms with Crippen LogP contribution in [0.3, 0.4) is 0 Å². The van der Waals surface area contributed by atoms with Gasteiger partial charge in [-0.15, -0.1) is 0 Å². The molecule has 18 heavy (non-hydrogen) atoms. The SMILES string of the molecule is CON(C)C(=O)CCc1c#cc(C(F)(F)F)cc1. The van der Waals surface area contributed by atoms with Crippen LogP contribution in [0.1, 0.15) is 17.5 Å². The van der Waals surface area contributed by atoms with E-state index in [9.17, 15) is 18.0 Å². The van der Waals surface area contributed by atoms with Crippen LogP contribution in [0.2, 0.25) is 0 Å². The first kappa shape index (κ1) is 14.3. The van der Waals surface area contributed by atoms with Crippen molar-refractivity contribution in [2.45, 2.75) is 19.0 Å². The topological polar surface area (TPSA) is 29.5 Å². The van der Waals surface area contributed by atoms with E-state index in [-0.39, 0.29) is 12.3 Å². The molecule has 0 aliphatic carbocycles. The highest BCUT2D eigenvalue weighted by atomic mass is 19.4. The number of nitrogens with zero attached hydrogens (tertiary/aromatic N) is 1. The van der Waals surface area contributed by atoms with Crippen LogP contribution in [0, 0.1) is 12.1 Å². The maximum atomic E-state index is 12.3. The van der Waals surface area contributed by atoms with E-state index in [2.05, 4.69) is 10.9 Å². The maximum Gasteiger partial charge on any atom is 0.424 e. The standard InChI is InChI=1S/C12H12F3NO2/c1-16(18-2)11(17)8-5-9-3-6-10(7-4-9)12(13,14)15/h3,6H,5,8H2,1-2H3. The van der Waals surface area contributed by atoms with Gasteiger partial charge in [0.2, 0.25) is 5.91 Å². The highest BCUT2D eigenvalue weighted by Crippen LogP contribution is 2.27. The van der Waals surface area contributed by atoms with Gasteiger partial charge in [-0.2, -0.15) is 13.2 Å². The number of rotatable bonds is 4. The minimum Gasteiger partial charge on any atom is -0.275 e. The molecule has 3 nitrogen and oxygen atoms in total. The predicted molar refractivity (Wildman–Crippen MR) is 57.2 cm³/mol. The summed E-state index contributed by atoms with van der Waals surface area (Å²) in [6.45, 7) is 0. The molecule has 0 saturated carbocycles. The molecule has 0 bridgehead atoms.